The molecule has 0 atom stereocenters. The molecule has 0 aliphatic heterocycles. The summed E-state index contributed by atoms with van der Waals surface area (Å²) < 4.78 is 11.1. The Bertz CT molecular complexity index is 581. The highest BCUT2D eigenvalue weighted by molar-refractivity contribution is 5.38. The molecule has 0 amide bonds. The van der Waals surface area contributed by atoms with E-state index in [1.165, 1.54) is 11.1 Å². The third kappa shape index (κ3) is 4.59. The van der Waals surface area contributed by atoms with Gasteiger partial charge < -0.3 is 14.8 Å². The van der Waals surface area contributed by atoms with Gasteiger partial charge in [0.1, 0.15) is 11.5 Å². The summed E-state index contributed by atoms with van der Waals surface area (Å²) in [6, 6.07) is 14.2. The number of rotatable bonds is 7. The number of benzene rings is 2. The lowest BCUT2D eigenvalue weighted by atomic mass is 10.1. The van der Waals surface area contributed by atoms with Gasteiger partial charge >= 0.3 is 0 Å². The molecule has 0 heterocycles. The molecule has 2 rings (SSSR count). The van der Waals surface area contributed by atoms with Crippen LogP contribution in [0.3, 0.4) is 0 Å². The van der Waals surface area contributed by atoms with Gasteiger partial charge in [0, 0.05) is 13.7 Å². The fourth-order valence-electron chi connectivity index (χ4n) is 2.19. The van der Waals surface area contributed by atoms with Crippen molar-refractivity contribution in [3.8, 4) is 11.5 Å². The van der Waals surface area contributed by atoms with Gasteiger partial charge in [0.05, 0.1) is 6.61 Å². The van der Waals surface area contributed by atoms with Crippen LogP contribution < -0.4 is 10.1 Å². The zero-order valence-electron chi connectivity index (χ0n) is 13.0. The normalized spacial score (nSPS) is 10.6. The average molecular weight is 285 g/mol. The molecule has 0 unspecified atom stereocenters. The van der Waals surface area contributed by atoms with Gasteiger partial charge in [-0.1, -0.05) is 25.1 Å². The molecule has 112 valence electrons. The Morgan fingerprint density at radius 1 is 1.05 bits per heavy atom. The summed E-state index contributed by atoms with van der Waals surface area (Å²) in [5.41, 5.74) is 3.65. The number of hydrogen-bond donors (Lipinski definition) is 1. The van der Waals surface area contributed by atoms with Crippen molar-refractivity contribution in [3.63, 3.8) is 0 Å². The second-order valence-electron chi connectivity index (χ2n) is 5.05. The lowest BCUT2D eigenvalue weighted by Crippen LogP contribution is -2.12. The largest absolute Gasteiger partial charge is 0.457 e. The minimum absolute atomic E-state index is 0.595. The summed E-state index contributed by atoms with van der Waals surface area (Å²) in [6.07, 6.45) is 0. The molecular formula is C18H23NO2. The Kier molecular flexibility index (Phi) is 5.78. The fourth-order valence-corrected chi connectivity index (χ4v) is 2.19. The first kappa shape index (κ1) is 15.5. The van der Waals surface area contributed by atoms with Crippen molar-refractivity contribution in [1.29, 1.82) is 0 Å². The third-order valence-corrected chi connectivity index (χ3v) is 3.32. The molecule has 0 saturated carbocycles. The van der Waals surface area contributed by atoms with E-state index in [2.05, 4.69) is 31.3 Å². The van der Waals surface area contributed by atoms with E-state index in [0.29, 0.717) is 6.61 Å². The molecule has 0 spiro atoms. The lowest BCUT2D eigenvalue weighted by Gasteiger charge is -2.11. The van der Waals surface area contributed by atoms with Crippen LogP contribution >= 0.6 is 0 Å². The van der Waals surface area contributed by atoms with E-state index >= 15 is 0 Å². The maximum Gasteiger partial charge on any atom is 0.127 e. The highest BCUT2D eigenvalue weighted by Crippen LogP contribution is 2.24. The van der Waals surface area contributed by atoms with Gasteiger partial charge in [-0.3, -0.25) is 0 Å². The Morgan fingerprint density at radius 3 is 2.57 bits per heavy atom. The second-order valence-corrected chi connectivity index (χ2v) is 5.05. The molecule has 2 aromatic rings. The maximum absolute atomic E-state index is 5.93. The van der Waals surface area contributed by atoms with Gasteiger partial charge in [-0.05, 0) is 54.4 Å². The summed E-state index contributed by atoms with van der Waals surface area (Å²) in [7, 11) is 1.69. The predicted octanol–water partition coefficient (Wildman–Crippen LogP) is 4.04. The van der Waals surface area contributed by atoms with E-state index < -0.39 is 0 Å². The zero-order valence-corrected chi connectivity index (χ0v) is 13.0. The van der Waals surface area contributed by atoms with E-state index in [1.54, 1.807) is 7.11 Å². The average Bonchev–Trinajstić information content (AvgIpc) is 2.47. The van der Waals surface area contributed by atoms with Gasteiger partial charge in [0.15, 0.2) is 0 Å². The molecule has 0 radical (unpaired) electrons. The zero-order chi connectivity index (χ0) is 15.1. The molecular weight excluding hydrogens is 262 g/mol. The predicted molar refractivity (Wildman–Crippen MR) is 85.8 cm³/mol. The quantitative estimate of drug-likeness (QED) is 0.832. The molecule has 0 bridgehead atoms. The summed E-state index contributed by atoms with van der Waals surface area (Å²) in [5.74, 6) is 1.70. The first-order valence-corrected chi connectivity index (χ1v) is 7.29. The van der Waals surface area contributed by atoms with E-state index in [4.69, 9.17) is 9.47 Å². The smallest absolute Gasteiger partial charge is 0.127 e. The number of hydrogen-bond acceptors (Lipinski definition) is 3. The van der Waals surface area contributed by atoms with E-state index in [1.807, 2.05) is 30.3 Å². The highest BCUT2D eigenvalue weighted by atomic mass is 16.5. The SMILES string of the molecule is CCNCc1ccc(Oc2cccc(COC)c2)cc1C. The Labute approximate surface area is 126 Å². The third-order valence-electron chi connectivity index (χ3n) is 3.32. The lowest BCUT2D eigenvalue weighted by molar-refractivity contribution is 0.184. The maximum atomic E-state index is 5.93. The van der Waals surface area contributed by atoms with Crippen molar-refractivity contribution in [1.82, 2.24) is 5.32 Å². The van der Waals surface area contributed by atoms with Gasteiger partial charge in [0.2, 0.25) is 0 Å². The van der Waals surface area contributed by atoms with Crippen molar-refractivity contribution in [2.45, 2.75) is 27.0 Å². The van der Waals surface area contributed by atoms with Crippen LogP contribution in [-0.2, 0) is 17.9 Å². The van der Waals surface area contributed by atoms with Crippen molar-refractivity contribution >= 4 is 0 Å². The first-order valence-electron chi connectivity index (χ1n) is 7.29. The van der Waals surface area contributed by atoms with Crippen LogP contribution in [0.15, 0.2) is 42.5 Å². The monoisotopic (exact) mass is 285 g/mol. The van der Waals surface area contributed by atoms with E-state index in [9.17, 15) is 0 Å². The minimum Gasteiger partial charge on any atom is -0.457 e. The van der Waals surface area contributed by atoms with E-state index in [-0.39, 0.29) is 0 Å². The van der Waals surface area contributed by atoms with Gasteiger partial charge in [-0.2, -0.15) is 0 Å². The van der Waals surface area contributed by atoms with Crippen LogP contribution in [0.1, 0.15) is 23.6 Å². The molecule has 3 heteroatoms. The van der Waals surface area contributed by atoms with E-state index in [0.717, 1.165) is 30.2 Å². The summed E-state index contributed by atoms with van der Waals surface area (Å²) in [6.45, 7) is 6.69. The Morgan fingerprint density at radius 2 is 1.86 bits per heavy atom. The first-order chi connectivity index (χ1) is 10.2. The van der Waals surface area contributed by atoms with Crippen LogP contribution in [0.2, 0.25) is 0 Å². The summed E-state index contributed by atoms with van der Waals surface area (Å²) in [4.78, 5) is 0. The standard InChI is InChI=1S/C18H23NO2/c1-4-19-12-16-8-9-18(10-14(16)2)21-17-7-5-6-15(11-17)13-20-3/h5-11,19H,4,12-13H2,1-3H3. The molecule has 2 aromatic carbocycles. The second kappa shape index (κ2) is 7.81. The molecule has 0 aliphatic carbocycles. The van der Waals surface area contributed by atoms with Gasteiger partial charge in [-0.25, -0.2) is 0 Å². The number of methoxy groups -OCH3 is 1. The molecule has 0 aromatic heterocycles. The fraction of sp³-hybridized carbons (Fsp3) is 0.333. The van der Waals surface area contributed by atoms with Crippen molar-refractivity contribution in [2.75, 3.05) is 13.7 Å². The van der Waals surface area contributed by atoms with Crippen LogP contribution in [0.4, 0.5) is 0 Å². The highest BCUT2D eigenvalue weighted by Gasteiger charge is 2.03. The van der Waals surface area contributed by atoms with Crippen molar-refractivity contribution in [3.05, 3.63) is 59.2 Å². The Balaban J connectivity index is 2.09. The molecule has 0 saturated heterocycles. The van der Waals surface area contributed by atoms with Crippen LogP contribution in [0.25, 0.3) is 0 Å². The summed E-state index contributed by atoms with van der Waals surface area (Å²) >= 11 is 0. The molecule has 0 aliphatic rings. The van der Waals surface area contributed by atoms with Crippen LogP contribution in [0.5, 0.6) is 11.5 Å². The number of nitrogens with one attached hydrogen (secondary N) is 1. The topological polar surface area (TPSA) is 30.5 Å². The van der Waals surface area contributed by atoms with Gasteiger partial charge in [-0.15, -0.1) is 0 Å². The molecule has 0 fully saturated rings. The Hall–Kier alpha value is -1.84. The van der Waals surface area contributed by atoms with Gasteiger partial charge in [0.25, 0.3) is 0 Å². The molecule has 1 N–H and O–H groups in total. The van der Waals surface area contributed by atoms with Crippen LogP contribution in [-0.4, -0.2) is 13.7 Å². The number of aryl methyl sites for hydroxylation is 1. The molecule has 21 heavy (non-hydrogen) atoms. The number of ether oxygens (including phenoxy) is 2. The van der Waals surface area contributed by atoms with Crippen LogP contribution in [0, 0.1) is 6.92 Å². The minimum atomic E-state index is 0.595. The van der Waals surface area contributed by atoms with Crippen molar-refractivity contribution in [2.24, 2.45) is 0 Å². The van der Waals surface area contributed by atoms with Crippen molar-refractivity contribution < 1.29 is 9.47 Å². The molecule has 3 nitrogen and oxygen atoms in total. The summed E-state index contributed by atoms with van der Waals surface area (Å²) in [5, 5.41) is 3.34.